The molecule has 1 aromatic rings. The topological polar surface area (TPSA) is 44.2 Å². The lowest BCUT2D eigenvalue weighted by atomic mass is 9.95. The Labute approximate surface area is 106 Å². The SMILES string of the molecule is COC1CCCC(Oc2ncnc(Cl)c2C)C1. The first-order valence-corrected chi connectivity index (χ1v) is 6.25. The average Bonchev–Trinajstić information content (AvgIpc) is 2.35. The van der Waals surface area contributed by atoms with Gasteiger partial charge in [0.15, 0.2) is 0 Å². The molecule has 1 aliphatic rings. The maximum atomic E-state index is 5.93. The highest BCUT2D eigenvalue weighted by molar-refractivity contribution is 6.30. The molecule has 4 nitrogen and oxygen atoms in total. The molecule has 94 valence electrons. The van der Waals surface area contributed by atoms with Gasteiger partial charge in [-0.15, -0.1) is 0 Å². The normalized spacial score (nSPS) is 24.6. The molecule has 0 saturated heterocycles. The van der Waals surface area contributed by atoms with Crippen molar-refractivity contribution in [3.8, 4) is 5.88 Å². The summed E-state index contributed by atoms with van der Waals surface area (Å²) in [7, 11) is 1.75. The number of methoxy groups -OCH3 is 1. The number of aromatic nitrogens is 2. The van der Waals surface area contributed by atoms with Crippen LogP contribution in [0.2, 0.25) is 5.15 Å². The van der Waals surface area contributed by atoms with E-state index in [2.05, 4.69) is 9.97 Å². The van der Waals surface area contributed by atoms with Crippen LogP contribution in [0.5, 0.6) is 5.88 Å². The molecule has 0 aromatic carbocycles. The third-order valence-electron chi connectivity index (χ3n) is 3.17. The Hall–Kier alpha value is -0.870. The van der Waals surface area contributed by atoms with Crippen molar-refractivity contribution in [2.45, 2.75) is 44.8 Å². The lowest BCUT2D eigenvalue weighted by Crippen LogP contribution is -2.30. The zero-order valence-electron chi connectivity index (χ0n) is 10.1. The van der Waals surface area contributed by atoms with E-state index in [1.54, 1.807) is 7.11 Å². The Morgan fingerprint density at radius 2 is 2.06 bits per heavy atom. The summed E-state index contributed by atoms with van der Waals surface area (Å²) >= 11 is 5.93. The van der Waals surface area contributed by atoms with E-state index < -0.39 is 0 Å². The van der Waals surface area contributed by atoms with E-state index in [0.717, 1.165) is 31.2 Å². The summed E-state index contributed by atoms with van der Waals surface area (Å²) < 4.78 is 11.3. The summed E-state index contributed by atoms with van der Waals surface area (Å²) in [5.41, 5.74) is 0.800. The summed E-state index contributed by atoms with van der Waals surface area (Å²) in [4.78, 5) is 8.04. The van der Waals surface area contributed by atoms with Gasteiger partial charge in [-0.1, -0.05) is 11.6 Å². The second-order valence-corrected chi connectivity index (χ2v) is 4.72. The lowest BCUT2D eigenvalue weighted by molar-refractivity contribution is 0.0192. The smallest absolute Gasteiger partial charge is 0.221 e. The van der Waals surface area contributed by atoms with Crippen LogP contribution in [0.25, 0.3) is 0 Å². The van der Waals surface area contributed by atoms with Gasteiger partial charge in [-0.3, -0.25) is 0 Å². The van der Waals surface area contributed by atoms with Crippen molar-refractivity contribution in [2.24, 2.45) is 0 Å². The van der Waals surface area contributed by atoms with Gasteiger partial charge in [0.05, 0.1) is 6.10 Å². The molecule has 2 rings (SSSR count). The highest BCUT2D eigenvalue weighted by Crippen LogP contribution is 2.27. The molecule has 1 aliphatic carbocycles. The summed E-state index contributed by atoms with van der Waals surface area (Å²) in [6.45, 7) is 1.87. The van der Waals surface area contributed by atoms with E-state index in [0.29, 0.717) is 17.1 Å². The molecule has 1 aromatic heterocycles. The Morgan fingerprint density at radius 1 is 1.29 bits per heavy atom. The number of ether oxygens (including phenoxy) is 2. The monoisotopic (exact) mass is 256 g/mol. The van der Waals surface area contributed by atoms with Crippen molar-refractivity contribution in [1.29, 1.82) is 0 Å². The lowest BCUT2D eigenvalue weighted by Gasteiger charge is -2.28. The van der Waals surface area contributed by atoms with E-state index >= 15 is 0 Å². The van der Waals surface area contributed by atoms with Crippen molar-refractivity contribution < 1.29 is 9.47 Å². The van der Waals surface area contributed by atoms with Gasteiger partial charge < -0.3 is 9.47 Å². The first-order chi connectivity index (χ1) is 8.20. The van der Waals surface area contributed by atoms with Crippen molar-refractivity contribution in [2.75, 3.05) is 7.11 Å². The second kappa shape index (κ2) is 5.65. The van der Waals surface area contributed by atoms with Crippen LogP contribution in [0.3, 0.4) is 0 Å². The fourth-order valence-corrected chi connectivity index (χ4v) is 2.24. The Morgan fingerprint density at radius 3 is 2.82 bits per heavy atom. The van der Waals surface area contributed by atoms with Gasteiger partial charge in [0.1, 0.15) is 17.6 Å². The van der Waals surface area contributed by atoms with Crippen LogP contribution in [0.1, 0.15) is 31.2 Å². The number of hydrogen-bond donors (Lipinski definition) is 0. The molecule has 1 heterocycles. The van der Waals surface area contributed by atoms with E-state index in [-0.39, 0.29) is 6.10 Å². The van der Waals surface area contributed by atoms with Crippen molar-refractivity contribution in [1.82, 2.24) is 9.97 Å². The molecule has 0 spiro atoms. The van der Waals surface area contributed by atoms with Crippen molar-refractivity contribution in [3.63, 3.8) is 0 Å². The zero-order valence-corrected chi connectivity index (χ0v) is 10.9. The highest BCUT2D eigenvalue weighted by Gasteiger charge is 2.24. The maximum absolute atomic E-state index is 5.93. The number of halogens is 1. The van der Waals surface area contributed by atoms with Crippen molar-refractivity contribution in [3.05, 3.63) is 17.0 Å². The minimum Gasteiger partial charge on any atom is -0.474 e. The molecule has 0 aliphatic heterocycles. The summed E-state index contributed by atoms with van der Waals surface area (Å²) in [5.74, 6) is 0.590. The molecular weight excluding hydrogens is 240 g/mol. The Bertz CT molecular complexity index is 387. The summed E-state index contributed by atoms with van der Waals surface area (Å²) in [6, 6.07) is 0. The van der Waals surface area contributed by atoms with Crippen LogP contribution < -0.4 is 4.74 Å². The van der Waals surface area contributed by atoms with E-state index in [1.807, 2.05) is 6.92 Å². The van der Waals surface area contributed by atoms with Gasteiger partial charge in [-0.2, -0.15) is 0 Å². The number of nitrogens with zero attached hydrogens (tertiary/aromatic N) is 2. The first kappa shape index (κ1) is 12.6. The summed E-state index contributed by atoms with van der Waals surface area (Å²) in [6.07, 6.45) is 6.09. The van der Waals surface area contributed by atoms with Crippen LogP contribution in [-0.2, 0) is 4.74 Å². The van der Waals surface area contributed by atoms with Crippen molar-refractivity contribution >= 4 is 11.6 Å². The molecule has 17 heavy (non-hydrogen) atoms. The fourth-order valence-electron chi connectivity index (χ4n) is 2.11. The molecule has 2 atom stereocenters. The largest absolute Gasteiger partial charge is 0.474 e. The maximum Gasteiger partial charge on any atom is 0.221 e. The van der Waals surface area contributed by atoms with Crippen LogP contribution in [0.4, 0.5) is 0 Å². The molecule has 1 saturated carbocycles. The van der Waals surface area contributed by atoms with Gasteiger partial charge in [0, 0.05) is 19.1 Å². The third kappa shape index (κ3) is 3.07. The average molecular weight is 257 g/mol. The molecule has 1 fully saturated rings. The summed E-state index contributed by atoms with van der Waals surface area (Å²) in [5, 5.41) is 0.453. The predicted octanol–water partition coefficient (Wildman–Crippen LogP) is 2.77. The quantitative estimate of drug-likeness (QED) is 0.780. The molecule has 0 bridgehead atoms. The minimum absolute atomic E-state index is 0.165. The standard InChI is InChI=1S/C12H17ClN2O2/c1-8-11(13)14-7-15-12(8)17-10-5-3-4-9(6-10)16-2/h7,9-10H,3-6H2,1-2H3. The number of rotatable bonds is 3. The molecule has 0 N–H and O–H groups in total. The second-order valence-electron chi connectivity index (χ2n) is 4.36. The van der Waals surface area contributed by atoms with E-state index in [1.165, 1.54) is 6.33 Å². The Balaban J connectivity index is 2.02. The van der Waals surface area contributed by atoms with Crippen LogP contribution in [-0.4, -0.2) is 29.3 Å². The highest BCUT2D eigenvalue weighted by atomic mass is 35.5. The molecular formula is C12H17ClN2O2. The first-order valence-electron chi connectivity index (χ1n) is 5.87. The fraction of sp³-hybridized carbons (Fsp3) is 0.667. The zero-order chi connectivity index (χ0) is 12.3. The van der Waals surface area contributed by atoms with Crippen LogP contribution >= 0.6 is 11.6 Å². The van der Waals surface area contributed by atoms with Crippen LogP contribution in [0, 0.1) is 6.92 Å². The third-order valence-corrected chi connectivity index (χ3v) is 3.55. The predicted molar refractivity (Wildman–Crippen MR) is 65.5 cm³/mol. The van der Waals surface area contributed by atoms with Gasteiger partial charge >= 0.3 is 0 Å². The van der Waals surface area contributed by atoms with E-state index in [9.17, 15) is 0 Å². The molecule has 5 heteroatoms. The van der Waals surface area contributed by atoms with Crippen LogP contribution in [0.15, 0.2) is 6.33 Å². The molecule has 2 unspecified atom stereocenters. The van der Waals surface area contributed by atoms with Gasteiger partial charge in [0.2, 0.25) is 5.88 Å². The van der Waals surface area contributed by atoms with Gasteiger partial charge in [-0.05, 0) is 26.2 Å². The van der Waals surface area contributed by atoms with Gasteiger partial charge in [-0.25, -0.2) is 9.97 Å². The van der Waals surface area contributed by atoms with Gasteiger partial charge in [0.25, 0.3) is 0 Å². The number of hydrogen-bond acceptors (Lipinski definition) is 4. The minimum atomic E-state index is 0.165. The van der Waals surface area contributed by atoms with E-state index in [4.69, 9.17) is 21.1 Å². The molecule has 0 amide bonds. The molecule has 0 radical (unpaired) electrons. The Kier molecular flexibility index (Phi) is 4.18.